The fourth-order valence-electron chi connectivity index (χ4n) is 4.48. The van der Waals surface area contributed by atoms with Crippen molar-refractivity contribution in [1.29, 1.82) is 0 Å². The summed E-state index contributed by atoms with van der Waals surface area (Å²) in [6, 6.07) is 14.7. The highest BCUT2D eigenvalue weighted by atomic mass is 16.1. The molecule has 1 saturated carbocycles. The molecule has 0 bridgehead atoms. The van der Waals surface area contributed by atoms with Gasteiger partial charge in [-0.2, -0.15) is 10.2 Å². The summed E-state index contributed by atoms with van der Waals surface area (Å²) >= 11 is 0. The number of nitrogens with zero attached hydrogens (tertiary/aromatic N) is 4. The number of nitrogens with one attached hydrogen (secondary N) is 2. The molecule has 2 N–H and O–H groups in total. The van der Waals surface area contributed by atoms with Crippen LogP contribution < -0.4 is 5.32 Å². The number of amides is 1. The Kier molecular flexibility index (Phi) is 4.76. The highest BCUT2D eigenvalue weighted by Gasteiger charge is 2.24. The topological polar surface area (TPSA) is 78.8 Å². The molecule has 2 aromatic carbocycles. The summed E-state index contributed by atoms with van der Waals surface area (Å²) in [5.41, 5.74) is 5.38. The number of hydrogen-bond acceptors (Lipinski definition) is 4. The van der Waals surface area contributed by atoms with Crippen LogP contribution in [0.2, 0.25) is 0 Å². The Morgan fingerprint density at radius 2 is 1.88 bits per heavy atom. The zero-order chi connectivity index (χ0) is 21.5. The van der Waals surface area contributed by atoms with Crippen LogP contribution in [0.5, 0.6) is 0 Å². The molecule has 32 heavy (non-hydrogen) atoms. The Morgan fingerprint density at radius 3 is 2.66 bits per heavy atom. The van der Waals surface area contributed by atoms with E-state index in [0.717, 1.165) is 34.3 Å². The molecule has 1 saturated heterocycles. The van der Waals surface area contributed by atoms with E-state index in [1.54, 1.807) is 0 Å². The van der Waals surface area contributed by atoms with E-state index in [1.165, 1.54) is 44.3 Å². The lowest BCUT2D eigenvalue weighted by atomic mass is 10.1. The summed E-state index contributed by atoms with van der Waals surface area (Å²) in [5.74, 6) is -0.214. The molecule has 0 radical (unpaired) electrons. The summed E-state index contributed by atoms with van der Waals surface area (Å²) in [6.45, 7) is 3.32. The highest BCUT2D eigenvalue weighted by molar-refractivity contribution is 6.11. The minimum absolute atomic E-state index is 0.214. The normalized spacial score (nSPS) is 16.6. The SMILES string of the molecule is O=C(Nc1ccc(CN2CCCC2)cc1)c1n[nH]c2ccc(-c3cnn(C4CC4)c3)cc12. The van der Waals surface area contributed by atoms with Gasteiger partial charge in [0.25, 0.3) is 5.91 Å². The number of hydrogen-bond donors (Lipinski definition) is 2. The lowest BCUT2D eigenvalue weighted by molar-refractivity contribution is 0.102. The molecule has 0 unspecified atom stereocenters. The molecule has 0 spiro atoms. The number of likely N-dealkylation sites (tertiary alicyclic amines) is 1. The minimum atomic E-state index is -0.214. The van der Waals surface area contributed by atoms with Crippen LogP contribution >= 0.6 is 0 Å². The first-order valence-corrected chi connectivity index (χ1v) is 11.4. The van der Waals surface area contributed by atoms with Crippen LogP contribution in [0.1, 0.15) is 47.8 Å². The van der Waals surface area contributed by atoms with E-state index in [1.807, 2.05) is 41.2 Å². The van der Waals surface area contributed by atoms with Crippen molar-refractivity contribution in [3.63, 3.8) is 0 Å². The molecule has 1 aliphatic carbocycles. The number of fused-ring (bicyclic) bond motifs is 1. The van der Waals surface area contributed by atoms with Crippen LogP contribution in [0, 0.1) is 0 Å². The molecule has 1 amide bonds. The van der Waals surface area contributed by atoms with E-state index >= 15 is 0 Å². The van der Waals surface area contributed by atoms with Gasteiger partial charge in [-0.25, -0.2) is 0 Å². The van der Waals surface area contributed by atoms with Gasteiger partial charge in [0.05, 0.1) is 17.8 Å². The third-order valence-corrected chi connectivity index (χ3v) is 6.45. The zero-order valence-electron chi connectivity index (χ0n) is 17.9. The molecule has 2 fully saturated rings. The van der Waals surface area contributed by atoms with Crippen LogP contribution in [0.3, 0.4) is 0 Å². The van der Waals surface area contributed by atoms with E-state index < -0.39 is 0 Å². The molecule has 7 heteroatoms. The fourth-order valence-corrected chi connectivity index (χ4v) is 4.48. The summed E-state index contributed by atoms with van der Waals surface area (Å²) in [6.07, 6.45) is 8.95. The molecular weight excluding hydrogens is 400 g/mol. The maximum absolute atomic E-state index is 13.0. The number of H-pyrrole nitrogens is 1. The van der Waals surface area contributed by atoms with E-state index in [2.05, 4.69) is 43.8 Å². The van der Waals surface area contributed by atoms with Crippen molar-refractivity contribution >= 4 is 22.5 Å². The Hall–Kier alpha value is -3.45. The number of aromatic amines is 1. The average Bonchev–Trinajstić information content (AvgIpc) is 3.20. The first-order chi connectivity index (χ1) is 15.7. The molecular formula is C25H26N6O. The molecule has 2 aromatic heterocycles. The zero-order valence-corrected chi connectivity index (χ0v) is 17.9. The van der Waals surface area contributed by atoms with E-state index in [-0.39, 0.29) is 5.91 Å². The van der Waals surface area contributed by atoms with Gasteiger partial charge in [-0.1, -0.05) is 18.2 Å². The van der Waals surface area contributed by atoms with Crippen molar-refractivity contribution < 1.29 is 4.79 Å². The molecule has 3 heterocycles. The summed E-state index contributed by atoms with van der Waals surface area (Å²) in [5, 5.41) is 15.6. The van der Waals surface area contributed by atoms with Gasteiger partial charge in [-0.3, -0.25) is 19.5 Å². The highest BCUT2D eigenvalue weighted by Crippen LogP contribution is 2.35. The lowest BCUT2D eigenvalue weighted by Crippen LogP contribution is -2.18. The van der Waals surface area contributed by atoms with E-state index in [4.69, 9.17) is 0 Å². The summed E-state index contributed by atoms with van der Waals surface area (Å²) in [4.78, 5) is 15.5. The largest absolute Gasteiger partial charge is 0.321 e. The van der Waals surface area contributed by atoms with E-state index in [9.17, 15) is 4.79 Å². The minimum Gasteiger partial charge on any atom is -0.321 e. The van der Waals surface area contributed by atoms with E-state index in [0.29, 0.717) is 11.7 Å². The van der Waals surface area contributed by atoms with Gasteiger partial charge in [0.1, 0.15) is 0 Å². The van der Waals surface area contributed by atoms with Crippen molar-refractivity contribution in [2.45, 2.75) is 38.3 Å². The Morgan fingerprint density at radius 1 is 1.06 bits per heavy atom. The molecule has 4 aromatic rings. The molecule has 2 aliphatic rings. The van der Waals surface area contributed by atoms with Crippen molar-refractivity contribution in [2.24, 2.45) is 0 Å². The number of anilines is 1. The number of carbonyl (C=O) groups is 1. The summed E-state index contributed by atoms with van der Waals surface area (Å²) < 4.78 is 2.04. The number of rotatable bonds is 6. The average molecular weight is 427 g/mol. The molecule has 162 valence electrons. The summed E-state index contributed by atoms with van der Waals surface area (Å²) in [7, 11) is 0. The number of carbonyl (C=O) groups excluding carboxylic acids is 1. The Labute approximate surface area is 186 Å². The molecule has 7 nitrogen and oxygen atoms in total. The van der Waals surface area contributed by atoms with Crippen LogP contribution in [0.25, 0.3) is 22.0 Å². The Bertz CT molecular complexity index is 1260. The van der Waals surface area contributed by atoms with Crippen LogP contribution in [0.4, 0.5) is 5.69 Å². The van der Waals surface area contributed by atoms with Gasteiger partial charge < -0.3 is 5.32 Å². The standard InChI is InChI=1S/C25H26N6O/c32-25(27-20-6-3-17(4-7-20)15-30-11-1-2-12-30)24-22-13-18(5-10-23(22)28-29-24)19-14-26-31(16-19)21-8-9-21/h3-7,10,13-14,16,21H,1-2,8-9,11-12,15H2,(H,27,32)(H,28,29). The first-order valence-electron chi connectivity index (χ1n) is 11.4. The second-order valence-electron chi connectivity index (χ2n) is 8.91. The second-order valence-corrected chi connectivity index (χ2v) is 8.91. The van der Waals surface area contributed by atoms with Crippen molar-refractivity contribution in [3.05, 3.63) is 66.1 Å². The number of benzene rings is 2. The van der Waals surface area contributed by atoms with Gasteiger partial charge in [0, 0.05) is 29.4 Å². The quantitative estimate of drug-likeness (QED) is 0.472. The maximum Gasteiger partial charge on any atom is 0.276 e. The predicted molar refractivity (Wildman–Crippen MR) is 124 cm³/mol. The van der Waals surface area contributed by atoms with Crippen LogP contribution in [-0.2, 0) is 6.54 Å². The van der Waals surface area contributed by atoms with Crippen LogP contribution in [0.15, 0.2) is 54.9 Å². The lowest BCUT2D eigenvalue weighted by Gasteiger charge is -2.14. The maximum atomic E-state index is 13.0. The van der Waals surface area contributed by atoms with Gasteiger partial charge >= 0.3 is 0 Å². The molecule has 6 rings (SSSR count). The van der Waals surface area contributed by atoms with Gasteiger partial charge in [-0.05, 0) is 74.2 Å². The third kappa shape index (κ3) is 3.80. The van der Waals surface area contributed by atoms with Crippen molar-refractivity contribution in [2.75, 3.05) is 18.4 Å². The van der Waals surface area contributed by atoms with Crippen molar-refractivity contribution in [1.82, 2.24) is 24.9 Å². The smallest absolute Gasteiger partial charge is 0.276 e. The fraction of sp³-hybridized carbons (Fsp3) is 0.320. The van der Waals surface area contributed by atoms with Gasteiger partial charge in [0.2, 0.25) is 0 Å². The Balaban J connectivity index is 1.20. The second kappa shape index (κ2) is 7.91. The first kappa shape index (κ1) is 19.3. The molecule has 1 aliphatic heterocycles. The van der Waals surface area contributed by atoms with Crippen LogP contribution in [-0.4, -0.2) is 43.9 Å². The monoisotopic (exact) mass is 426 g/mol. The van der Waals surface area contributed by atoms with Gasteiger partial charge in [0.15, 0.2) is 5.69 Å². The third-order valence-electron chi connectivity index (χ3n) is 6.45. The van der Waals surface area contributed by atoms with Crippen molar-refractivity contribution in [3.8, 4) is 11.1 Å². The number of aromatic nitrogens is 4. The van der Waals surface area contributed by atoms with Gasteiger partial charge in [-0.15, -0.1) is 0 Å². The predicted octanol–water partition coefficient (Wildman–Crippen LogP) is 4.61. The molecule has 0 atom stereocenters.